The smallest absolute Gasteiger partial charge is 0.123 e. The molecule has 2 rings (SSSR count). The monoisotopic (exact) mass is 291 g/mol. The van der Waals surface area contributed by atoms with Crippen molar-refractivity contribution in [2.24, 2.45) is 0 Å². The molecule has 1 aliphatic rings. The van der Waals surface area contributed by atoms with Gasteiger partial charge in [-0.3, -0.25) is 0 Å². The molecule has 1 atom stereocenters. The normalized spacial score (nSPS) is 18.6. The summed E-state index contributed by atoms with van der Waals surface area (Å²) in [7, 11) is 3.94. The first-order chi connectivity index (χ1) is 10.2. The van der Waals surface area contributed by atoms with Crippen LogP contribution in [0.25, 0.3) is 0 Å². The Kier molecular flexibility index (Phi) is 6.49. The van der Waals surface area contributed by atoms with E-state index in [9.17, 15) is 0 Å². The van der Waals surface area contributed by atoms with E-state index in [1.54, 1.807) is 7.11 Å². The molecule has 1 aromatic rings. The molecule has 1 heterocycles. The van der Waals surface area contributed by atoms with Crippen molar-refractivity contribution < 1.29 is 4.74 Å². The van der Waals surface area contributed by atoms with Crippen molar-refractivity contribution in [3.8, 4) is 5.75 Å². The molecule has 118 valence electrons. The Hall–Kier alpha value is -1.10. The lowest BCUT2D eigenvalue weighted by Crippen LogP contribution is -2.45. The van der Waals surface area contributed by atoms with Gasteiger partial charge in [0.1, 0.15) is 5.75 Å². The van der Waals surface area contributed by atoms with Gasteiger partial charge in [0.15, 0.2) is 0 Å². The zero-order chi connectivity index (χ0) is 15.1. The van der Waals surface area contributed by atoms with Crippen molar-refractivity contribution in [1.29, 1.82) is 0 Å². The van der Waals surface area contributed by atoms with Gasteiger partial charge in [-0.25, -0.2) is 0 Å². The molecule has 1 unspecified atom stereocenters. The van der Waals surface area contributed by atoms with Gasteiger partial charge in [0, 0.05) is 37.8 Å². The number of para-hydroxylation sites is 1. The number of nitrogens with one attached hydrogen (secondary N) is 1. The highest BCUT2D eigenvalue weighted by molar-refractivity contribution is 5.35. The minimum atomic E-state index is 0.327. The van der Waals surface area contributed by atoms with Crippen molar-refractivity contribution in [2.45, 2.75) is 19.4 Å². The SMILES string of the molecule is COc1ccccc1C(C)NCCCN1CCN(C)CC1. The molecule has 1 N–H and O–H groups in total. The van der Waals surface area contributed by atoms with Gasteiger partial charge >= 0.3 is 0 Å². The lowest BCUT2D eigenvalue weighted by Gasteiger charge is -2.32. The number of hydrogen-bond acceptors (Lipinski definition) is 4. The first-order valence-electron chi connectivity index (χ1n) is 7.98. The molecule has 0 spiro atoms. The summed E-state index contributed by atoms with van der Waals surface area (Å²) in [5.41, 5.74) is 1.24. The second-order valence-corrected chi connectivity index (χ2v) is 5.92. The van der Waals surface area contributed by atoms with Crippen LogP contribution in [0.3, 0.4) is 0 Å². The van der Waals surface area contributed by atoms with Gasteiger partial charge < -0.3 is 19.9 Å². The molecule has 0 aliphatic carbocycles. The summed E-state index contributed by atoms with van der Waals surface area (Å²) in [4.78, 5) is 4.97. The van der Waals surface area contributed by atoms with Gasteiger partial charge in [0.25, 0.3) is 0 Å². The molecule has 4 nitrogen and oxygen atoms in total. The first kappa shape index (κ1) is 16.3. The van der Waals surface area contributed by atoms with Crippen molar-refractivity contribution in [2.75, 3.05) is 53.4 Å². The molecule has 21 heavy (non-hydrogen) atoms. The second kappa shape index (κ2) is 8.37. The molecule has 4 heteroatoms. The van der Waals surface area contributed by atoms with Crippen LogP contribution in [0, 0.1) is 0 Å². The van der Waals surface area contributed by atoms with Crippen LogP contribution in [0.1, 0.15) is 24.9 Å². The van der Waals surface area contributed by atoms with Crippen LogP contribution in [-0.4, -0.2) is 63.2 Å². The zero-order valence-corrected chi connectivity index (χ0v) is 13.6. The van der Waals surface area contributed by atoms with E-state index in [-0.39, 0.29) is 0 Å². The maximum Gasteiger partial charge on any atom is 0.123 e. The molecule has 0 aromatic heterocycles. The Morgan fingerprint density at radius 3 is 2.62 bits per heavy atom. The third-order valence-corrected chi connectivity index (χ3v) is 4.30. The molecule has 1 saturated heterocycles. The average molecular weight is 291 g/mol. The van der Waals surface area contributed by atoms with Crippen LogP contribution in [0.15, 0.2) is 24.3 Å². The summed E-state index contributed by atoms with van der Waals surface area (Å²) in [6, 6.07) is 8.57. The van der Waals surface area contributed by atoms with Gasteiger partial charge in [-0.2, -0.15) is 0 Å². The maximum absolute atomic E-state index is 5.43. The topological polar surface area (TPSA) is 27.7 Å². The molecule has 1 aliphatic heterocycles. The van der Waals surface area contributed by atoms with Crippen LogP contribution < -0.4 is 10.1 Å². The van der Waals surface area contributed by atoms with Crippen molar-refractivity contribution in [3.63, 3.8) is 0 Å². The van der Waals surface area contributed by atoms with Gasteiger partial charge in [-0.1, -0.05) is 18.2 Å². The van der Waals surface area contributed by atoms with Crippen molar-refractivity contribution in [3.05, 3.63) is 29.8 Å². The van der Waals surface area contributed by atoms with E-state index in [4.69, 9.17) is 4.74 Å². The van der Waals surface area contributed by atoms with E-state index < -0.39 is 0 Å². The predicted molar refractivity (Wildman–Crippen MR) is 88.0 cm³/mol. The number of ether oxygens (including phenoxy) is 1. The zero-order valence-electron chi connectivity index (χ0n) is 13.6. The fraction of sp³-hybridized carbons (Fsp3) is 0.647. The number of benzene rings is 1. The average Bonchev–Trinajstić information content (AvgIpc) is 2.53. The summed E-state index contributed by atoms with van der Waals surface area (Å²) in [6.07, 6.45) is 1.20. The molecular formula is C17H29N3O. The van der Waals surface area contributed by atoms with Gasteiger partial charge in [0.2, 0.25) is 0 Å². The Labute approximate surface area is 129 Å². The molecule has 0 radical (unpaired) electrons. The maximum atomic E-state index is 5.43. The number of methoxy groups -OCH3 is 1. The predicted octanol–water partition coefficient (Wildman–Crippen LogP) is 1.98. The minimum Gasteiger partial charge on any atom is -0.496 e. The highest BCUT2D eigenvalue weighted by Crippen LogP contribution is 2.24. The van der Waals surface area contributed by atoms with Crippen LogP contribution in [0.2, 0.25) is 0 Å². The molecule has 0 amide bonds. The van der Waals surface area contributed by atoms with Gasteiger partial charge in [0.05, 0.1) is 7.11 Å². The summed E-state index contributed by atoms with van der Waals surface area (Å²) >= 11 is 0. The Morgan fingerprint density at radius 2 is 1.90 bits per heavy atom. The molecule has 1 fully saturated rings. The fourth-order valence-electron chi connectivity index (χ4n) is 2.83. The van der Waals surface area contributed by atoms with Crippen molar-refractivity contribution >= 4 is 0 Å². The van der Waals surface area contributed by atoms with E-state index >= 15 is 0 Å². The quantitative estimate of drug-likeness (QED) is 0.778. The molecular weight excluding hydrogens is 262 g/mol. The highest BCUT2D eigenvalue weighted by atomic mass is 16.5. The van der Waals surface area contributed by atoms with Crippen LogP contribution in [0.5, 0.6) is 5.75 Å². The Bertz CT molecular complexity index is 416. The third-order valence-electron chi connectivity index (χ3n) is 4.30. The van der Waals surface area contributed by atoms with Crippen LogP contribution in [-0.2, 0) is 0 Å². The molecule has 0 saturated carbocycles. The summed E-state index contributed by atoms with van der Waals surface area (Å²) in [5.74, 6) is 0.969. The van der Waals surface area contributed by atoms with Crippen LogP contribution >= 0.6 is 0 Å². The standard InChI is InChI=1S/C17H29N3O/c1-15(16-7-4-5-8-17(16)21-3)18-9-6-10-20-13-11-19(2)12-14-20/h4-5,7-8,15,18H,6,9-14H2,1-3H3. The minimum absolute atomic E-state index is 0.327. The number of likely N-dealkylation sites (N-methyl/N-ethyl adjacent to an activating group) is 1. The molecule has 1 aromatic carbocycles. The Balaban J connectivity index is 1.68. The largest absolute Gasteiger partial charge is 0.496 e. The lowest BCUT2D eigenvalue weighted by molar-refractivity contribution is 0.152. The van der Waals surface area contributed by atoms with Crippen molar-refractivity contribution in [1.82, 2.24) is 15.1 Å². The second-order valence-electron chi connectivity index (χ2n) is 5.92. The van der Waals surface area contributed by atoms with Crippen LogP contribution in [0.4, 0.5) is 0 Å². The third kappa shape index (κ3) is 4.99. The van der Waals surface area contributed by atoms with E-state index in [1.165, 1.54) is 44.7 Å². The van der Waals surface area contributed by atoms with E-state index in [0.29, 0.717) is 6.04 Å². The van der Waals surface area contributed by atoms with E-state index in [2.05, 4.69) is 41.2 Å². The summed E-state index contributed by atoms with van der Waals surface area (Å²) in [6.45, 7) is 9.26. The summed E-state index contributed by atoms with van der Waals surface area (Å²) in [5, 5.41) is 3.60. The van der Waals surface area contributed by atoms with E-state index in [0.717, 1.165) is 12.3 Å². The summed E-state index contributed by atoms with van der Waals surface area (Å²) < 4.78 is 5.43. The first-order valence-corrected chi connectivity index (χ1v) is 7.98. The number of nitrogens with zero attached hydrogens (tertiary/aromatic N) is 2. The number of piperazine rings is 1. The molecule has 0 bridgehead atoms. The number of hydrogen-bond donors (Lipinski definition) is 1. The van der Waals surface area contributed by atoms with Gasteiger partial charge in [-0.05, 0) is 39.5 Å². The fourth-order valence-corrected chi connectivity index (χ4v) is 2.83. The number of rotatable bonds is 7. The van der Waals surface area contributed by atoms with Gasteiger partial charge in [-0.15, -0.1) is 0 Å². The Morgan fingerprint density at radius 1 is 1.19 bits per heavy atom. The van der Waals surface area contributed by atoms with E-state index in [1.807, 2.05) is 12.1 Å². The highest BCUT2D eigenvalue weighted by Gasteiger charge is 2.13. The lowest BCUT2D eigenvalue weighted by atomic mass is 10.1.